The summed E-state index contributed by atoms with van der Waals surface area (Å²) in [4.78, 5) is 5.22. The number of para-hydroxylation sites is 1. The molecule has 9 aromatic rings. The van der Waals surface area contributed by atoms with Crippen molar-refractivity contribution in [2.75, 3.05) is 0 Å². The van der Waals surface area contributed by atoms with E-state index in [0.717, 1.165) is 11.0 Å². The van der Waals surface area contributed by atoms with Crippen LogP contribution in [-0.2, 0) is 0 Å². The first-order valence-electron chi connectivity index (χ1n) is 14.0. The number of aromatic nitrogens is 1. The van der Waals surface area contributed by atoms with Crippen molar-refractivity contribution >= 4 is 74.9 Å². The third-order valence-electron chi connectivity index (χ3n) is 8.44. The normalized spacial score (nSPS) is 11.9. The summed E-state index contributed by atoms with van der Waals surface area (Å²) in [6.07, 6.45) is 0. The molecule has 7 aromatic carbocycles. The zero-order valence-electron chi connectivity index (χ0n) is 22.1. The SMILES string of the molecule is c1ccc2c(-c3c4ccccc4c(-c4c5ccccc5nc5c4sc4ccccc45)c4ccccc34)cccc2c1. The maximum absolute atomic E-state index is 5.22. The minimum atomic E-state index is 1.03. The standard InChI is InChI=1S/C39H23NS/c1-2-14-25-24(12-1)13-11-21-26(25)35-27-15-3-5-17-29(27)36(30-18-6-4-16-28(30)35)37-31-19-7-9-22-33(31)40-38-32-20-8-10-23-34(32)41-39(37)38/h1-23H. The topological polar surface area (TPSA) is 12.9 Å². The van der Waals surface area contributed by atoms with Crippen LogP contribution in [0.2, 0.25) is 0 Å². The highest BCUT2D eigenvalue weighted by atomic mass is 32.1. The molecule has 9 rings (SSSR count). The first kappa shape index (κ1) is 22.7. The zero-order valence-corrected chi connectivity index (χ0v) is 23.0. The van der Waals surface area contributed by atoms with Gasteiger partial charge in [-0.05, 0) is 61.1 Å². The summed E-state index contributed by atoms with van der Waals surface area (Å²) < 4.78 is 2.52. The van der Waals surface area contributed by atoms with Gasteiger partial charge in [0.05, 0.1) is 15.7 Å². The molecule has 0 saturated heterocycles. The molecule has 2 aromatic heterocycles. The van der Waals surface area contributed by atoms with Gasteiger partial charge in [0, 0.05) is 21.0 Å². The number of benzene rings is 7. The van der Waals surface area contributed by atoms with E-state index >= 15 is 0 Å². The molecule has 0 amide bonds. The molecule has 0 spiro atoms. The minimum absolute atomic E-state index is 1.03. The Morgan fingerprint density at radius 3 is 1.66 bits per heavy atom. The number of thiophene rings is 1. The Morgan fingerprint density at radius 1 is 0.390 bits per heavy atom. The van der Waals surface area contributed by atoms with Gasteiger partial charge in [0.25, 0.3) is 0 Å². The Hall–Kier alpha value is -5.05. The van der Waals surface area contributed by atoms with Crippen molar-refractivity contribution in [2.24, 2.45) is 0 Å². The van der Waals surface area contributed by atoms with Gasteiger partial charge in [-0.15, -0.1) is 11.3 Å². The van der Waals surface area contributed by atoms with Gasteiger partial charge in [-0.1, -0.05) is 127 Å². The molecule has 0 aliphatic heterocycles. The molecule has 0 atom stereocenters. The molecule has 1 nitrogen and oxygen atoms in total. The number of hydrogen-bond donors (Lipinski definition) is 0. The van der Waals surface area contributed by atoms with Crippen molar-refractivity contribution < 1.29 is 0 Å². The van der Waals surface area contributed by atoms with Gasteiger partial charge in [0.1, 0.15) is 0 Å². The van der Waals surface area contributed by atoms with Crippen molar-refractivity contribution in [2.45, 2.75) is 0 Å². The second kappa shape index (κ2) is 8.72. The lowest BCUT2D eigenvalue weighted by Crippen LogP contribution is -1.93. The number of nitrogens with zero attached hydrogens (tertiary/aromatic N) is 1. The Labute approximate surface area is 240 Å². The van der Waals surface area contributed by atoms with E-state index in [9.17, 15) is 0 Å². The highest BCUT2D eigenvalue weighted by Crippen LogP contribution is 2.50. The van der Waals surface area contributed by atoms with Gasteiger partial charge in [-0.2, -0.15) is 0 Å². The van der Waals surface area contributed by atoms with Crippen LogP contribution in [0.3, 0.4) is 0 Å². The fourth-order valence-corrected chi connectivity index (χ4v) is 7.92. The average Bonchev–Trinajstić information content (AvgIpc) is 3.41. The third-order valence-corrected chi connectivity index (χ3v) is 9.62. The molecule has 0 N–H and O–H groups in total. The lowest BCUT2D eigenvalue weighted by Gasteiger charge is -2.20. The molecule has 190 valence electrons. The molecule has 0 saturated carbocycles. The maximum atomic E-state index is 5.22. The van der Waals surface area contributed by atoms with Crippen molar-refractivity contribution in [1.29, 1.82) is 0 Å². The molecular formula is C39H23NS. The van der Waals surface area contributed by atoms with Crippen LogP contribution >= 0.6 is 11.3 Å². The van der Waals surface area contributed by atoms with E-state index in [2.05, 4.69) is 140 Å². The number of pyridine rings is 1. The Bertz CT molecular complexity index is 2420. The molecule has 2 heterocycles. The summed E-state index contributed by atoms with van der Waals surface area (Å²) in [6.45, 7) is 0. The van der Waals surface area contributed by atoms with Crippen LogP contribution in [0.1, 0.15) is 0 Å². The molecule has 0 bridgehead atoms. The van der Waals surface area contributed by atoms with Crippen molar-refractivity contribution in [3.05, 3.63) is 140 Å². The highest BCUT2D eigenvalue weighted by molar-refractivity contribution is 7.26. The van der Waals surface area contributed by atoms with Gasteiger partial charge < -0.3 is 0 Å². The molecule has 0 unspecified atom stereocenters. The highest BCUT2D eigenvalue weighted by Gasteiger charge is 2.22. The minimum Gasteiger partial charge on any atom is -0.246 e. The molecule has 0 aliphatic carbocycles. The smallest absolute Gasteiger partial charge is 0.0902 e. The first-order valence-corrected chi connectivity index (χ1v) is 14.8. The van der Waals surface area contributed by atoms with Crippen LogP contribution in [0.5, 0.6) is 0 Å². The summed E-state index contributed by atoms with van der Waals surface area (Å²) in [5, 5.41) is 10.0. The van der Waals surface area contributed by atoms with E-state index in [1.165, 1.54) is 74.7 Å². The van der Waals surface area contributed by atoms with Crippen LogP contribution in [0.15, 0.2) is 140 Å². The quantitative estimate of drug-likeness (QED) is 0.200. The number of rotatable bonds is 2. The van der Waals surface area contributed by atoms with Gasteiger partial charge in [0.2, 0.25) is 0 Å². The van der Waals surface area contributed by atoms with Crippen LogP contribution in [0.4, 0.5) is 0 Å². The van der Waals surface area contributed by atoms with Crippen LogP contribution in [0.25, 0.3) is 85.8 Å². The second-order valence-electron chi connectivity index (χ2n) is 10.6. The Morgan fingerprint density at radius 2 is 0.927 bits per heavy atom. The van der Waals surface area contributed by atoms with E-state index in [-0.39, 0.29) is 0 Å². The lowest BCUT2D eigenvalue weighted by molar-refractivity contribution is 1.53. The zero-order chi connectivity index (χ0) is 26.9. The largest absolute Gasteiger partial charge is 0.246 e. The van der Waals surface area contributed by atoms with Gasteiger partial charge in [-0.25, -0.2) is 4.98 Å². The number of hydrogen-bond acceptors (Lipinski definition) is 2. The van der Waals surface area contributed by atoms with Crippen molar-refractivity contribution in [3.63, 3.8) is 0 Å². The molecule has 2 heteroatoms. The fraction of sp³-hybridized carbons (Fsp3) is 0. The molecule has 0 aliphatic rings. The Kier molecular flexibility index (Phi) is 4.84. The van der Waals surface area contributed by atoms with E-state index in [1.54, 1.807) is 0 Å². The molecule has 41 heavy (non-hydrogen) atoms. The van der Waals surface area contributed by atoms with Gasteiger partial charge in [0.15, 0.2) is 0 Å². The van der Waals surface area contributed by atoms with Crippen LogP contribution in [0, 0.1) is 0 Å². The predicted molar refractivity (Wildman–Crippen MR) is 178 cm³/mol. The fourth-order valence-electron chi connectivity index (χ4n) is 6.72. The van der Waals surface area contributed by atoms with Crippen LogP contribution in [-0.4, -0.2) is 4.98 Å². The Balaban J connectivity index is 1.53. The summed E-state index contributed by atoms with van der Waals surface area (Å²) in [5.74, 6) is 0. The van der Waals surface area contributed by atoms with Crippen molar-refractivity contribution in [3.8, 4) is 22.3 Å². The van der Waals surface area contributed by atoms with Crippen LogP contribution < -0.4 is 0 Å². The third kappa shape index (κ3) is 3.26. The molecular weight excluding hydrogens is 515 g/mol. The van der Waals surface area contributed by atoms with E-state index < -0.39 is 0 Å². The monoisotopic (exact) mass is 537 g/mol. The first-order chi connectivity index (χ1) is 20.4. The second-order valence-corrected chi connectivity index (χ2v) is 11.7. The lowest BCUT2D eigenvalue weighted by atomic mass is 9.84. The van der Waals surface area contributed by atoms with E-state index in [1.807, 2.05) is 11.3 Å². The van der Waals surface area contributed by atoms with E-state index in [4.69, 9.17) is 4.98 Å². The summed E-state index contributed by atoms with van der Waals surface area (Å²) in [7, 11) is 0. The summed E-state index contributed by atoms with van der Waals surface area (Å²) in [6, 6.07) is 50.6. The average molecular weight is 538 g/mol. The summed E-state index contributed by atoms with van der Waals surface area (Å²) in [5.41, 5.74) is 7.26. The van der Waals surface area contributed by atoms with Gasteiger partial charge in [-0.3, -0.25) is 0 Å². The molecule has 0 fully saturated rings. The van der Waals surface area contributed by atoms with E-state index in [0.29, 0.717) is 0 Å². The summed E-state index contributed by atoms with van der Waals surface area (Å²) >= 11 is 1.86. The molecule has 0 radical (unpaired) electrons. The van der Waals surface area contributed by atoms with Gasteiger partial charge >= 0.3 is 0 Å². The number of fused-ring (bicyclic) bond motifs is 7. The van der Waals surface area contributed by atoms with Crippen molar-refractivity contribution in [1.82, 2.24) is 4.98 Å². The maximum Gasteiger partial charge on any atom is 0.0902 e. The predicted octanol–water partition coefficient (Wildman–Crippen LogP) is 11.4.